The average Bonchev–Trinajstić information content (AvgIpc) is 2.44. The Kier molecular flexibility index (Phi) is 1.54. The molecule has 1 nitrogen and oxygen atoms in total. The molecule has 0 radical (unpaired) electrons. The van der Waals surface area contributed by atoms with Crippen LogP contribution >= 0.6 is 0 Å². The van der Waals surface area contributed by atoms with E-state index in [1.165, 1.54) is 19.3 Å². The summed E-state index contributed by atoms with van der Waals surface area (Å²) < 4.78 is 0. The van der Waals surface area contributed by atoms with Crippen LogP contribution in [-0.4, -0.2) is 13.1 Å². The van der Waals surface area contributed by atoms with Crippen LogP contribution in [0.15, 0.2) is 0 Å². The lowest BCUT2D eigenvalue weighted by Gasteiger charge is -2.38. The third kappa shape index (κ3) is 0.868. The molecule has 2 bridgehead atoms. The molecule has 1 heteroatoms. The maximum Gasteiger partial charge on any atom is 0.0146 e. The van der Waals surface area contributed by atoms with E-state index in [4.69, 9.17) is 0 Å². The van der Waals surface area contributed by atoms with Gasteiger partial charge in [0.2, 0.25) is 0 Å². The summed E-state index contributed by atoms with van der Waals surface area (Å²) in [4.78, 5) is 0. The molecule has 0 heterocycles. The van der Waals surface area contributed by atoms with E-state index < -0.39 is 0 Å². The molecule has 0 aliphatic heterocycles. The summed E-state index contributed by atoms with van der Waals surface area (Å²) in [5.74, 6) is 1.99. The van der Waals surface area contributed by atoms with Crippen molar-refractivity contribution in [2.45, 2.75) is 39.2 Å². The van der Waals surface area contributed by atoms with Crippen molar-refractivity contribution in [1.29, 1.82) is 0 Å². The quantitative estimate of drug-likeness (QED) is 0.608. The monoisotopic (exact) mass is 153 g/mol. The molecule has 0 aromatic carbocycles. The van der Waals surface area contributed by atoms with Gasteiger partial charge in [-0.15, -0.1) is 0 Å². The van der Waals surface area contributed by atoms with Crippen molar-refractivity contribution in [3.8, 4) is 0 Å². The highest BCUT2D eigenvalue weighted by Gasteiger charge is 2.51. The van der Waals surface area contributed by atoms with Crippen LogP contribution in [0.4, 0.5) is 0 Å². The largest absolute Gasteiger partial charge is 0.316 e. The molecule has 0 saturated heterocycles. The number of rotatable bonds is 1. The van der Waals surface area contributed by atoms with Gasteiger partial charge in [-0.05, 0) is 43.6 Å². The Hall–Kier alpha value is -0.0400. The van der Waals surface area contributed by atoms with Gasteiger partial charge < -0.3 is 5.32 Å². The van der Waals surface area contributed by atoms with Crippen LogP contribution in [0.3, 0.4) is 0 Å². The van der Waals surface area contributed by atoms with Crippen molar-refractivity contribution < 1.29 is 0 Å². The van der Waals surface area contributed by atoms with Gasteiger partial charge in [-0.3, -0.25) is 0 Å². The molecular formula is C10H19N. The van der Waals surface area contributed by atoms with Crippen molar-refractivity contribution in [1.82, 2.24) is 5.32 Å². The first-order chi connectivity index (χ1) is 5.16. The summed E-state index contributed by atoms with van der Waals surface area (Å²) in [6.07, 6.45) is 4.44. The molecule has 0 aromatic rings. The highest BCUT2D eigenvalue weighted by Crippen LogP contribution is 2.55. The maximum absolute atomic E-state index is 3.49. The molecule has 2 rings (SSSR count). The van der Waals surface area contributed by atoms with Gasteiger partial charge >= 0.3 is 0 Å². The van der Waals surface area contributed by atoms with Gasteiger partial charge in [0.25, 0.3) is 0 Å². The Morgan fingerprint density at radius 1 is 1.27 bits per heavy atom. The van der Waals surface area contributed by atoms with Gasteiger partial charge in [0.15, 0.2) is 0 Å². The fourth-order valence-electron chi connectivity index (χ4n) is 3.46. The molecule has 0 unspecified atom stereocenters. The SMILES string of the molecule is CN[C@H]1[C@H]2CC[C@H](C2)C1(C)C. The van der Waals surface area contributed by atoms with Crippen LogP contribution < -0.4 is 5.32 Å². The van der Waals surface area contributed by atoms with Crippen molar-refractivity contribution in [2.24, 2.45) is 17.3 Å². The van der Waals surface area contributed by atoms with Gasteiger partial charge in [-0.25, -0.2) is 0 Å². The van der Waals surface area contributed by atoms with Gasteiger partial charge in [-0.1, -0.05) is 13.8 Å². The van der Waals surface area contributed by atoms with Crippen LogP contribution in [-0.2, 0) is 0 Å². The minimum atomic E-state index is 0.567. The first kappa shape index (κ1) is 7.60. The van der Waals surface area contributed by atoms with Gasteiger partial charge in [0.05, 0.1) is 0 Å². The van der Waals surface area contributed by atoms with E-state index in [1.807, 2.05) is 0 Å². The lowest BCUT2D eigenvalue weighted by atomic mass is 9.73. The van der Waals surface area contributed by atoms with E-state index in [1.54, 1.807) is 0 Å². The summed E-state index contributed by atoms with van der Waals surface area (Å²) in [7, 11) is 2.12. The second kappa shape index (κ2) is 2.22. The minimum absolute atomic E-state index is 0.567. The molecule has 1 N–H and O–H groups in total. The zero-order valence-corrected chi connectivity index (χ0v) is 7.85. The first-order valence-corrected chi connectivity index (χ1v) is 4.83. The summed E-state index contributed by atoms with van der Waals surface area (Å²) in [5.41, 5.74) is 0.567. The summed E-state index contributed by atoms with van der Waals surface area (Å²) >= 11 is 0. The molecular weight excluding hydrogens is 134 g/mol. The molecule has 2 aliphatic rings. The lowest BCUT2D eigenvalue weighted by Crippen LogP contribution is -2.44. The van der Waals surface area contributed by atoms with Crippen molar-refractivity contribution in [2.75, 3.05) is 7.05 Å². The average molecular weight is 153 g/mol. The van der Waals surface area contributed by atoms with Crippen LogP contribution in [0.25, 0.3) is 0 Å². The highest BCUT2D eigenvalue weighted by atomic mass is 14.9. The Labute approximate surface area is 69.6 Å². The Balaban J connectivity index is 2.21. The Morgan fingerprint density at radius 2 is 2.00 bits per heavy atom. The number of fused-ring (bicyclic) bond motifs is 2. The van der Waals surface area contributed by atoms with Crippen LogP contribution in [0, 0.1) is 17.3 Å². The molecule has 11 heavy (non-hydrogen) atoms. The Bertz CT molecular complexity index is 162. The second-order valence-electron chi connectivity index (χ2n) is 4.86. The van der Waals surface area contributed by atoms with E-state index in [9.17, 15) is 0 Å². The van der Waals surface area contributed by atoms with E-state index in [0.717, 1.165) is 17.9 Å². The summed E-state index contributed by atoms with van der Waals surface area (Å²) in [6.45, 7) is 4.86. The third-order valence-electron chi connectivity index (χ3n) is 4.11. The summed E-state index contributed by atoms with van der Waals surface area (Å²) in [5, 5.41) is 3.49. The smallest absolute Gasteiger partial charge is 0.0146 e. The van der Waals surface area contributed by atoms with E-state index in [-0.39, 0.29) is 0 Å². The molecule has 2 saturated carbocycles. The maximum atomic E-state index is 3.49. The summed E-state index contributed by atoms with van der Waals surface area (Å²) in [6, 6.07) is 0.793. The normalized spacial score (nSPS) is 46.6. The number of hydrogen-bond acceptors (Lipinski definition) is 1. The number of nitrogens with one attached hydrogen (secondary N) is 1. The van der Waals surface area contributed by atoms with E-state index >= 15 is 0 Å². The fraction of sp³-hybridized carbons (Fsp3) is 1.00. The predicted octanol–water partition coefficient (Wildman–Crippen LogP) is 2.03. The van der Waals surface area contributed by atoms with Crippen molar-refractivity contribution in [3.05, 3.63) is 0 Å². The molecule has 0 amide bonds. The zero-order chi connectivity index (χ0) is 8.06. The third-order valence-corrected chi connectivity index (χ3v) is 4.11. The molecule has 0 spiro atoms. The molecule has 64 valence electrons. The van der Waals surface area contributed by atoms with Gasteiger partial charge in [0.1, 0.15) is 0 Å². The van der Waals surface area contributed by atoms with E-state index in [0.29, 0.717) is 5.41 Å². The second-order valence-corrected chi connectivity index (χ2v) is 4.86. The fourth-order valence-corrected chi connectivity index (χ4v) is 3.46. The van der Waals surface area contributed by atoms with Gasteiger partial charge in [-0.2, -0.15) is 0 Å². The van der Waals surface area contributed by atoms with E-state index in [2.05, 4.69) is 26.2 Å². The van der Waals surface area contributed by atoms with Crippen molar-refractivity contribution in [3.63, 3.8) is 0 Å². The van der Waals surface area contributed by atoms with Gasteiger partial charge in [0, 0.05) is 6.04 Å². The lowest BCUT2D eigenvalue weighted by molar-refractivity contribution is 0.158. The molecule has 2 aliphatic carbocycles. The van der Waals surface area contributed by atoms with Crippen LogP contribution in [0.1, 0.15) is 33.1 Å². The number of hydrogen-bond donors (Lipinski definition) is 1. The zero-order valence-electron chi connectivity index (χ0n) is 7.85. The van der Waals surface area contributed by atoms with Crippen LogP contribution in [0.2, 0.25) is 0 Å². The van der Waals surface area contributed by atoms with Crippen LogP contribution in [0.5, 0.6) is 0 Å². The highest BCUT2D eigenvalue weighted by molar-refractivity contribution is 5.05. The standard InChI is InChI=1S/C10H19N/c1-10(2)8-5-4-7(6-8)9(10)11-3/h7-9,11H,4-6H2,1-3H3/t7-,8+,9-/m0/s1. The Morgan fingerprint density at radius 3 is 2.36 bits per heavy atom. The first-order valence-electron chi connectivity index (χ1n) is 4.83. The topological polar surface area (TPSA) is 12.0 Å². The molecule has 2 fully saturated rings. The predicted molar refractivity (Wildman–Crippen MR) is 47.5 cm³/mol. The minimum Gasteiger partial charge on any atom is -0.316 e. The van der Waals surface area contributed by atoms with Crippen molar-refractivity contribution >= 4 is 0 Å². The molecule has 0 aromatic heterocycles. The molecule has 3 atom stereocenters.